The van der Waals surface area contributed by atoms with Crippen LogP contribution in [-0.2, 0) is 6.42 Å². The summed E-state index contributed by atoms with van der Waals surface area (Å²) in [7, 11) is 0. The van der Waals surface area contributed by atoms with Crippen LogP contribution >= 0.6 is 23.2 Å². The van der Waals surface area contributed by atoms with E-state index < -0.39 is 0 Å². The molecule has 0 nitrogen and oxygen atoms in total. The van der Waals surface area contributed by atoms with Gasteiger partial charge in [-0.3, -0.25) is 0 Å². The molecule has 0 heterocycles. The van der Waals surface area contributed by atoms with Gasteiger partial charge in [-0.1, -0.05) is 30.3 Å². The van der Waals surface area contributed by atoms with E-state index in [0.29, 0.717) is 0 Å². The van der Waals surface area contributed by atoms with Crippen molar-refractivity contribution < 1.29 is 0 Å². The number of halogens is 2. The van der Waals surface area contributed by atoms with Crippen LogP contribution in [0.25, 0.3) is 0 Å². The molecule has 2 unspecified atom stereocenters. The van der Waals surface area contributed by atoms with E-state index in [2.05, 4.69) is 24.3 Å². The van der Waals surface area contributed by atoms with Crippen molar-refractivity contribution in [1.29, 1.82) is 0 Å². The van der Waals surface area contributed by atoms with Crippen LogP contribution in [0.1, 0.15) is 25.3 Å². The van der Waals surface area contributed by atoms with Gasteiger partial charge in [-0.15, -0.1) is 23.2 Å². The van der Waals surface area contributed by atoms with Crippen LogP contribution in [0.15, 0.2) is 30.3 Å². The van der Waals surface area contributed by atoms with Gasteiger partial charge < -0.3 is 0 Å². The molecule has 0 spiro atoms. The summed E-state index contributed by atoms with van der Waals surface area (Å²) in [6.07, 6.45) is 2.93. The second-order valence-electron chi connectivity index (χ2n) is 3.64. The van der Waals surface area contributed by atoms with E-state index in [1.807, 2.05) is 13.0 Å². The van der Waals surface area contributed by atoms with Crippen LogP contribution in [0.3, 0.4) is 0 Å². The topological polar surface area (TPSA) is 0 Å². The molecule has 0 saturated heterocycles. The van der Waals surface area contributed by atoms with Crippen LogP contribution in [0, 0.1) is 0 Å². The first-order chi connectivity index (χ1) is 6.68. The molecule has 0 N–H and O–H groups in total. The first kappa shape index (κ1) is 11.9. The van der Waals surface area contributed by atoms with Gasteiger partial charge >= 0.3 is 0 Å². The van der Waals surface area contributed by atoms with Crippen LogP contribution in [0.2, 0.25) is 0 Å². The second-order valence-corrected chi connectivity index (χ2v) is 5.00. The third kappa shape index (κ3) is 4.88. The Labute approximate surface area is 96.2 Å². The quantitative estimate of drug-likeness (QED) is 0.665. The molecule has 2 atom stereocenters. The molecule has 1 aromatic rings. The van der Waals surface area contributed by atoms with Gasteiger partial charge in [0.25, 0.3) is 0 Å². The number of aryl methyl sites for hydroxylation is 1. The molecule has 1 aromatic carbocycles. The standard InChI is InChI=1S/C12H16Cl2/c1-10(13)9-12(14)8-7-11-5-3-2-4-6-11/h2-6,10,12H,7-9H2,1H3. The maximum absolute atomic E-state index is 6.14. The monoisotopic (exact) mass is 230 g/mol. The summed E-state index contributed by atoms with van der Waals surface area (Å²) >= 11 is 12.0. The van der Waals surface area contributed by atoms with E-state index in [1.54, 1.807) is 0 Å². The minimum Gasteiger partial charge on any atom is -0.123 e. The fourth-order valence-corrected chi connectivity index (χ4v) is 2.12. The Hall–Kier alpha value is -0.200. The van der Waals surface area contributed by atoms with Crippen molar-refractivity contribution in [1.82, 2.24) is 0 Å². The van der Waals surface area contributed by atoms with Crippen molar-refractivity contribution in [2.45, 2.75) is 36.9 Å². The number of hydrogen-bond acceptors (Lipinski definition) is 0. The molecule has 0 radical (unpaired) electrons. The van der Waals surface area contributed by atoms with E-state index in [9.17, 15) is 0 Å². The lowest BCUT2D eigenvalue weighted by Crippen LogP contribution is -2.06. The predicted octanol–water partition coefficient (Wildman–Crippen LogP) is 4.24. The third-order valence-electron chi connectivity index (χ3n) is 2.17. The molecule has 14 heavy (non-hydrogen) atoms. The lowest BCUT2D eigenvalue weighted by atomic mass is 10.1. The Kier molecular flexibility index (Phi) is 5.36. The van der Waals surface area contributed by atoms with E-state index in [1.165, 1.54) is 5.56 Å². The molecule has 1 rings (SSSR count). The summed E-state index contributed by atoms with van der Waals surface area (Å²) in [5.74, 6) is 0. The van der Waals surface area contributed by atoms with Crippen LogP contribution in [0.4, 0.5) is 0 Å². The average Bonchev–Trinajstić information content (AvgIpc) is 2.15. The van der Waals surface area contributed by atoms with Crippen molar-refractivity contribution in [3.63, 3.8) is 0 Å². The fraction of sp³-hybridized carbons (Fsp3) is 0.500. The minimum atomic E-state index is 0.174. The summed E-state index contributed by atoms with van der Waals surface area (Å²) in [5.41, 5.74) is 1.35. The smallest absolute Gasteiger partial charge is 0.0353 e. The molecule has 0 bridgehead atoms. The highest BCUT2D eigenvalue weighted by Gasteiger charge is 2.08. The van der Waals surface area contributed by atoms with E-state index in [0.717, 1.165) is 19.3 Å². The van der Waals surface area contributed by atoms with Crippen molar-refractivity contribution >= 4 is 23.2 Å². The third-order valence-corrected chi connectivity index (χ3v) is 2.74. The molecule has 0 amide bonds. The molecule has 2 heteroatoms. The highest BCUT2D eigenvalue weighted by molar-refractivity contribution is 6.23. The van der Waals surface area contributed by atoms with Crippen LogP contribution < -0.4 is 0 Å². The summed E-state index contributed by atoms with van der Waals surface area (Å²) < 4.78 is 0. The number of rotatable bonds is 5. The minimum absolute atomic E-state index is 0.174. The molecule has 0 aromatic heterocycles. The Morgan fingerprint density at radius 1 is 1.14 bits per heavy atom. The Morgan fingerprint density at radius 2 is 1.79 bits per heavy atom. The molecule has 0 saturated carbocycles. The van der Waals surface area contributed by atoms with Gasteiger partial charge in [0.05, 0.1) is 0 Å². The maximum atomic E-state index is 6.14. The summed E-state index contributed by atoms with van der Waals surface area (Å²) in [6.45, 7) is 1.99. The maximum Gasteiger partial charge on any atom is 0.0353 e. The lowest BCUT2D eigenvalue weighted by Gasteiger charge is -2.10. The molecular weight excluding hydrogens is 215 g/mol. The van der Waals surface area contributed by atoms with Gasteiger partial charge in [0.2, 0.25) is 0 Å². The van der Waals surface area contributed by atoms with Crippen molar-refractivity contribution in [2.75, 3.05) is 0 Å². The van der Waals surface area contributed by atoms with Crippen LogP contribution in [0.5, 0.6) is 0 Å². The average molecular weight is 231 g/mol. The van der Waals surface area contributed by atoms with Crippen molar-refractivity contribution in [2.24, 2.45) is 0 Å². The number of benzene rings is 1. The van der Waals surface area contributed by atoms with Gasteiger partial charge in [-0.25, -0.2) is 0 Å². The van der Waals surface area contributed by atoms with E-state index in [-0.39, 0.29) is 10.8 Å². The molecule has 0 aliphatic rings. The molecule has 0 fully saturated rings. The first-order valence-corrected chi connectivity index (χ1v) is 5.88. The predicted molar refractivity (Wildman–Crippen MR) is 64.3 cm³/mol. The zero-order valence-corrected chi connectivity index (χ0v) is 9.93. The first-order valence-electron chi connectivity index (χ1n) is 5.00. The summed E-state index contributed by atoms with van der Waals surface area (Å²) in [5, 5.41) is 0.371. The molecule has 78 valence electrons. The van der Waals surface area contributed by atoms with Gasteiger partial charge in [0.15, 0.2) is 0 Å². The summed E-state index contributed by atoms with van der Waals surface area (Å²) in [6, 6.07) is 10.4. The number of alkyl halides is 2. The van der Waals surface area contributed by atoms with Crippen LogP contribution in [-0.4, -0.2) is 10.8 Å². The van der Waals surface area contributed by atoms with Crippen molar-refractivity contribution in [3.05, 3.63) is 35.9 Å². The fourth-order valence-electron chi connectivity index (χ4n) is 1.44. The van der Waals surface area contributed by atoms with Gasteiger partial charge in [0.1, 0.15) is 0 Å². The summed E-state index contributed by atoms with van der Waals surface area (Å²) in [4.78, 5) is 0. The second kappa shape index (κ2) is 6.31. The zero-order chi connectivity index (χ0) is 10.4. The number of hydrogen-bond donors (Lipinski definition) is 0. The van der Waals surface area contributed by atoms with Gasteiger partial charge in [0, 0.05) is 10.8 Å². The molecular formula is C12H16Cl2. The van der Waals surface area contributed by atoms with E-state index >= 15 is 0 Å². The highest BCUT2D eigenvalue weighted by Crippen LogP contribution is 2.16. The van der Waals surface area contributed by atoms with E-state index in [4.69, 9.17) is 23.2 Å². The normalized spacial score (nSPS) is 15.1. The van der Waals surface area contributed by atoms with Gasteiger partial charge in [-0.05, 0) is 31.7 Å². The molecule has 0 aliphatic carbocycles. The largest absolute Gasteiger partial charge is 0.123 e. The van der Waals surface area contributed by atoms with Gasteiger partial charge in [-0.2, -0.15) is 0 Å². The lowest BCUT2D eigenvalue weighted by molar-refractivity contribution is 0.680. The zero-order valence-electron chi connectivity index (χ0n) is 8.42. The molecule has 0 aliphatic heterocycles. The van der Waals surface area contributed by atoms with Crippen molar-refractivity contribution in [3.8, 4) is 0 Å². The Balaban J connectivity index is 2.27. The highest BCUT2D eigenvalue weighted by atomic mass is 35.5. The Morgan fingerprint density at radius 3 is 2.36 bits per heavy atom. The Bertz CT molecular complexity index is 244. The SMILES string of the molecule is CC(Cl)CC(Cl)CCc1ccccc1.